The van der Waals surface area contributed by atoms with Gasteiger partial charge in [-0.05, 0) is 0 Å². The maximum atomic E-state index is 12.3. The molecule has 1 aliphatic heterocycles. The minimum absolute atomic E-state index is 0.123. The topological polar surface area (TPSA) is 53.8 Å². The standard InChI is InChI=1S/C13H7BrClN3OSe/c14-8-4-7(5-9(15)6-8)13(19)16-10-2-1-3-11-12(10)18-20-17-11/h1-6H,(H,16,19). The van der Waals surface area contributed by atoms with Gasteiger partial charge in [0.15, 0.2) is 0 Å². The van der Waals surface area contributed by atoms with E-state index in [1.54, 1.807) is 18.2 Å². The van der Waals surface area contributed by atoms with Crippen LogP contribution in [0.3, 0.4) is 0 Å². The summed E-state index contributed by atoms with van der Waals surface area (Å²) in [5.41, 5.74) is 2.74. The van der Waals surface area contributed by atoms with Gasteiger partial charge in [0, 0.05) is 0 Å². The van der Waals surface area contributed by atoms with E-state index in [4.69, 9.17) is 11.6 Å². The number of halogens is 2. The number of rotatable bonds is 2. The van der Waals surface area contributed by atoms with Crippen LogP contribution in [0.2, 0.25) is 5.02 Å². The molecular weight excluding hydrogens is 408 g/mol. The molecule has 100 valence electrons. The second kappa shape index (κ2) is 5.66. The summed E-state index contributed by atoms with van der Waals surface area (Å²) < 4.78 is 9.37. The third kappa shape index (κ3) is 2.79. The Kier molecular flexibility index (Phi) is 3.89. The van der Waals surface area contributed by atoms with Crippen molar-refractivity contribution in [2.75, 3.05) is 5.32 Å². The van der Waals surface area contributed by atoms with Gasteiger partial charge in [-0.15, -0.1) is 0 Å². The van der Waals surface area contributed by atoms with E-state index in [1.165, 1.54) is 0 Å². The molecule has 0 atom stereocenters. The Bertz CT molecular complexity index is 767. The molecule has 0 bridgehead atoms. The summed E-state index contributed by atoms with van der Waals surface area (Å²) in [6, 6.07) is 10.6. The molecule has 0 aliphatic carbocycles. The van der Waals surface area contributed by atoms with Gasteiger partial charge >= 0.3 is 135 Å². The van der Waals surface area contributed by atoms with Gasteiger partial charge < -0.3 is 0 Å². The van der Waals surface area contributed by atoms with Gasteiger partial charge in [-0.25, -0.2) is 0 Å². The second-order valence-electron chi connectivity index (χ2n) is 4.05. The van der Waals surface area contributed by atoms with Crippen LogP contribution in [0.1, 0.15) is 10.4 Å². The minimum atomic E-state index is -0.226. The van der Waals surface area contributed by atoms with E-state index >= 15 is 0 Å². The number of carbonyl (C=O) groups is 1. The molecule has 2 aromatic rings. The van der Waals surface area contributed by atoms with Gasteiger partial charge in [0.25, 0.3) is 0 Å². The van der Waals surface area contributed by atoms with Crippen molar-refractivity contribution in [2.24, 2.45) is 7.92 Å². The summed E-state index contributed by atoms with van der Waals surface area (Å²) in [6.45, 7) is 0. The van der Waals surface area contributed by atoms with Crippen LogP contribution in [-0.2, 0) is 0 Å². The van der Waals surface area contributed by atoms with Gasteiger partial charge in [-0.2, -0.15) is 0 Å². The molecule has 1 amide bonds. The average Bonchev–Trinajstić information content (AvgIpc) is 2.87. The Hall–Kier alpha value is -1.20. The summed E-state index contributed by atoms with van der Waals surface area (Å²) in [5.74, 6) is -0.226. The summed E-state index contributed by atoms with van der Waals surface area (Å²) in [4.78, 5) is 12.3. The fraction of sp³-hybridized carbons (Fsp3) is 0. The first-order valence-corrected chi connectivity index (χ1v) is 8.32. The molecule has 0 radical (unpaired) electrons. The quantitative estimate of drug-likeness (QED) is 0.606. The van der Waals surface area contributed by atoms with Crippen molar-refractivity contribution in [2.45, 2.75) is 0 Å². The summed E-state index contributed by atoms with van der Waals surface area (Å²) in [7, 11) is 0. The van der Waals surface area contributed by atoms with E-state index in [-0.39, 0.29) is 20.5 Å². The zero-order valence-corrected chi connectivity index (χ0v) is 14.0. The summed E-state index contributed by atoms with van der Waals surface area (Å²) in [5, 5.41) is 3.36. The van der Waals surface area contributed by atoms with Crippen LogP contribution in [0.25, 0.3) is 0 Å². The average molecular weight is 416 g/mol. The molecule has 1 aliphatic rings. The number of hydrogen-bond donors (Lipinski definition) is 1. The zero-order valence-electron chi connectivity index (χ0n) is 9.93. The molecule has 0 saturated heterocycles. The van der Waals surface area contributed by atoms with Gasteiger partial charge in [0.2, 0.25) is 0 Å². The van der Waals surface area contributed by atoms with Crippen molar-refractivity contribution in [1.82, 2.24) is 0 Å². The van der Waals surface area contributed by atoms with Crippen LogP contribution in [0.15, 0.2) is 48.8 Å². The number of carbonyl (C=O) groups excluding carboxylic acids is 1. The van der Waals surface area contributed by atoms with Crippen molar-refractivity contribution >= 4 is 65.1 Å². The Balaban J connectivity index is 1.90. The molecule has 1 heterocycles. The predicted molar refractivity (Wildman–Crippen MR) is 83.5 cm³/mol. The molecule has 3 rings (SSSR count). The van der Waals surface area contributed by atoms with Gasteiger partial charge in [-0.1, -0.05) is 0 Å². The summed E-state index contributed by atoms with van der Waals surface area (Å²) >= 11 is 9.15. The first kappa shape index (κ1) is 13.8. The fourth-order valence-corrected chi connectivity index (χ4v) is 3.80. The van der Waals surface area contributed by atoms with E-state index in [0.29, 0.717) is 16.3 Å². The molecule has 0 spiro atoms. The SMILES string of the molecule is O=C(Nc1cccc2c1N=[Se]=N2)c1cc(Cl)cc(Br)c1. The first-order chi connectivity index (χ1) is 9.63. The van der Waals surface area contributed by atoms with Crippen molar-refractivity contribution < 1.29 is 4.79 Å². The normalized spacial score (nSPS) is 11.9. The maximum absolute atomic E-state index is 12.3. The molecule has 1 N–H and O–H groups in total. The Morgan fingerprint density at radius 3 is 2.90 bits per heavy atom. The van der Waals surface area contributed by atoms with Crippen molar-refractivity contribution in [1.29, 1.82) is 0 Å². The Labute approximate surface area is 134 Å². The van der Waals surface area contributed by atoms with E-state index in [0.717, 1.165) is 15.8 Å². The van der Waals surface area contributed by atoms with Crippen LogP contribution in [0, 0.1) is 0 Å². The zero-order chi connectivity index (χ0) is 14.1. The predicted octanol–water partition coefficient (Wildman–Crippen LogP) is 4.70. The molecule has 0 aromatic heterocycles. The monoisotopic (exact) mass is 415 g/mol. The van der Waals surface area contributed by atoms with Crippen LogP contribution in [0.4, 0.5) is 17.1 Å². The Morgan fingerprint density at radius 2 is 2.10 bits per heavy atom. The molecule has 0 fully saturated rings. The number of nitrogens with zero attached hydrogens (tertiary/aromatic N) is 2. The van der Waals surface area contributed by atoms with Gasteiger partial charge in [0.05, 0.1) is 0 Å². The second-order valence-corrected chi connectivity index (χ2v) is 6.51. The molecule has 4 nitrogen and oxygen atoms in total. The third-order valence-electron chi connectivity index (χ3n) is 2.66. The molecule has 7 heteroatoms. The van der Waals surface area contributed by atoms with Crippen LogP contribution < -0.4 is 5.32 Å². The fourth-order valence-electron chi connectivity index (χ4n) is 1.79. The van der Waals surface area contributed by atoms with E-state index < -0.39 is 0 Å². The van der Waals surface area contributed by atoms with Crippen molar-refractivity contribution in [3.8, 4) is 0 Å². The molecule has 0 saturated carbocycles. The molecular formula is C13H7BrClN3OSe. The van der Waals surface area contributed by atoms with Crippen LogP contribution in [0.5, 0.6) is 0 Å². The molecule has 2 aromatic carbocycles. The van der Waals surface area contributed by atoms with Crippen LogP contribution in [-0.4, -0.2) is 20.5 Å². The van der Waals surface area contributed by atoms with E-state index in [1.807, 2.05) is 18.2 Å². The van der Waals surface area contributed by atoms with Crippen molar-refractivity contribution in [3.05, 3.63) is 51.5 Å². The van der Waals surface area contributed by atoms with Gasteiger partial charge in [0.1, 0.15) is 0 Å². The molecule has 20 heavy (non-hydrogen) atoms. The summed E-state index contributed by atoms with van der Waals surface area (Å²) in [6.07, 6.45) is 0. The number of benzene rings is 2. The Morgan fingerprint density at radius 1 is 1.25 bits per heavy atom. The molecule has 0 unspecified atom stereocenters. The van der Waals surface area contributed by atoms with Crippen molar-refractivity contribution in [3.63, 3.8) is 0 Å². The third-order valence-corrected chi connectivity index (χ3v) is 4.47. The number of nitrogens with one attached hydrogen (secondary N) is 1. The van der Waals surface area contributed by atoms with Crippen LogP contribution >= 0.6 is 27.5 Å². The van der Waals surface area contributed by atoms with E-state index in [2.05, 4.69) is 29.2 Å². The van der Waals surface area contributed by atoms with E-state index in [9.17, 15) is 4.79 Å². The number of fused-ring (bicyclic) bond motifs is 1. The number of anilines is 1. The number of amides is 1. The first-order valence-electron chi connectivity index (χ1n) is 5.62. The van der Waals surface area contributed by atoms with Gasteiger partial charge in [-0.3, -0.25) is 0 Å². The number of hydrogen-bond acceptors (Lipinski definition) is 3.